The van der Waals surface area contributed by atoms with E-state index in [4.69, 9.17) is 0 Å². The van der Waals surface area contributed by atoms with Crippen LogP contribution >= 0.6 is 27.3 Å². The minimum absolute atomic E-state index is 0.184. The van der Waals surface area contributed by atoms with E-state index in [2.05, 4.69) is 39.5 Å². The van der Waals surface area contributed by atoms with Crippen LogP contribution in [0.3, 0.4) is 0 Å². The quantitative estimate of drug-likeness (QED) is 0.729. The molecule has 4 atom stereocenters. The van der Waals surface area contributed by atoms with E-state index >= 15 is 0 Å². The molecule has 22 heavy (non-hydrogen) atoms. The maximum atomic E-state index is 12.7. The van der Waals surface area contributed by atoms with Crippen LogP contribution in [0, 0.1) is 17.8 Å². The maximum absolute atomic E-state index is 12.7. The average molecular weight is 378 g/mol. The van der Waals surface area contributed by atoms with E-state index in [1.54, 1.807) is 16.2 Å². The zero-order valence-electron chi connectivity index (χ0n) is 12.9. The lowest BCUT2D eigenvalue weighted by atomic mass is 9.74. The summed E-state index contributed by atoms with van der Waals surface area (Å²) in [6, 6.07) is 6.80. The number of thiophene rings is 1. The van der Waals surface area contributed by atoms with Crippen LogP contribution in [0.5, 0.6) is 0 Å². The van der Waals surface area contributed by atoms with Gasteiger partial charge in [-0.2, -0.15) is 0 Å². The van der Waals surface area contributed by atoms with E-state index in [1.807, 2.05) is 14.1 Å². The molecular weight excluding hydrogens is 358 g/mol. The SMILES string of the molecule is CN(C)C(=O)[C@@H]1[C@H]2CC[C@H](C2)[C@@H]1c1ccc2scc(Br)c2c1. The number of carbonyl (C=O) groups is 1. The van der Waals surface area contributed by atoms with Crippen molar-refractivity contribution in [2.75, 3.05) is 14.1 Å². The van der Waals surface area contributed by atoms with Crippen molar-refractivity contribution in [1.29, 1.82) is 0 Å². The van der Waals surface area contributed by atoms with Gasteiger partial charge in [0, 0.05) is 40.0 Å². The molecule has 1 heterocycles. The Labute approximate surface area is 143 Å². The van der Waals surface area contributed by atoms with Crippen molar-refractivity contribution >= 4 is 43.3 Å². The molecule has 4 rings (SSSR count). The second-order valence-electron chi connectivity index (χ2n) is 6.96. The van der Waals surface area contributed by atoms with E-state index < -0.39 is 0 Å². The van der Waals surface area contributed by atoms with Crippen LogP contribution in [0.1, 0.15) is 30.7 Å². The van der Waals surface area contributed by atoms with Crippen LogP contribution in [-0.2, 0) is 4.79 Å². The van der Waals surface area contributed by atoms with Crippen molar-refractivity contribution in [2.24, 2.45) is 17.8 Å². The summed E-state index contributed by atoms with van der Waals surface area (Å²) in [5, 5.41) is 3.44. The van der Waals surface area contributed by atoms with Gasteiger partial charge in [0.25, 0.3) is 0 Å². The molecule has 2 saturated carbocycles. The lowest BCUT2D eigenvalue weighted by Gasteiger charge is -2.32. The molecule has 2 aliphatic rings. The standard InChI is InChI=1S/C18H20BrNOS/c1-20(2)18(21)17-11-4-3-10(7-11)16(17)12-5-6-15-13(8-12)14(19)9-22-15/h5-6,8-11,16-17H,3-4,7H2,1-2H3/t10-,11+,16-,17-/m1/s1. The van der Waals surface area contributed by atoms with Crippen molar-refractivity contribution in [1.82, 2.24) is 4.90 Å². The molecule has 2 aromatic rings. The van der Waals surface area contributed by atoms with Gasteiger partial charge in [0.15, 0.2) is 0 Å². The number of rotatable bonds is 2. The highest BCUT2D eigenvalue weighted by atomic mass is 79.9. The summed E-state index contributed by atoms with van der Waals surface area (Å²) >= 11 is 5.42. The van der Waals surface area contributed by atoms with Gasteiger partial charge in [0.1, 0.15) is 0 Å². The molecule has 0 unspecified atom stereocenters. The number of carbonyl (C=O) groups excluding carboxylic acids is 1. The van der Waals surface area contributed by atoms with Gasteiger partial charge in [-0.25, -0.2) is 0 Å². The van der Waals surface area contributed by atoms with Gasteiger partial charge in [-0.1, -0.05) is 6.07 Å². The third-order valence-electron chi connectivity index (χ3n) is 5.58. The minimum Gasteiger partial charge on any atom is -0.349 e. The summed E-state index contributed by atoms with van der Waals surface area (Å²) in [6.45, 7) is 0. The normalized spacial score (nSPS) is 30.1. The molecular formula is C18H20BrNOS. The van der Waals surface area contributed by atoms with Crippen LogP contribution in [0.15, 0.2) is 28.1 Å². The summed E-state index contributed by atoms with van der Waals surface area (Å²) < 4.78 is 2.49. The third kappa shape index (κ3) is 2.15. The summed E-state index contributed by atoms with van der Waals surface area (Å²) in [6.07, 6.45) is 3.75. The molecule has 4 heteroatoms. The van der Waals surface area contributed by atoms with Crippen molar-refractivity contribution in [3.8, 4) is 0 Å². The Kier molecular flexibility index (Phi) is 3.57. The van der Waals surface area contributed by atoms with Crippen molar-refractivity contribution in [3.63, 3.8) is 0 Å². The smallest absolute Gasteiger partial charge is 0.226 e. The first kappa shape index (κ1) is 14.7. The Balaban J connectivity index is 1.77. The Morgan fingerprint density at radius 2 is 2.05 bits per heavy atom. The maximum Gasteiger partial charge on any atom is 0.226 e. The minimum atomic E-state index is 0.184. The van der Waals surface area contributed by atoms with E-state index in [0.717, 1.165) is 0 Å². The molecule has 2 fully saturated rings. The molecule has 0 saturated heterocycles. The second kappa shape index (κ2) is 5.34. The van der Waals surface area contributed by atoms with Gasteiger partial charge in [-0.15, -0.1) is 11.3 Å². The lowest BCUT2D eigenvalue weighted by Crippen LogP contribution is -2.36. The monoisotopic (exact) mass is 377 g/mol. The number of fused-ring (bicyclic) bond motifs is 3. The van der Waals surface area contributed by atoms with Crippen LogP contribution < -0.4 is 0 Å². The first-order valence-electron chi connectivity index (χ1n) is 7.94. The van der Waals surface area contributed by atoms with Crippen LogP contribution in [0.2, 0.25) is 0 Å². The number of halogens is 1. The molecule has 116 valence electrons. The number of amides is 1. The zero-order chi connectivity index (χ0) is 15.4. The first-order chi connectivity index (χ1) is 10.6. The number of benzene rings is 1. The molecule has 1 aromatic heterocycles. The molecule has 2 aliphatic carbocycles. The summed E-state index contributed by atoms with van der Waals surface area (Å²) in [5.74, 6) is 2.19. The van der Waals surface area contributed by atoms with Crippen molar-refractivity contribution < 1.29 is 4.79 Å². The van der Waals surface area contributed by atoms with Crippen molar-refractivity contribution in [3.05, 3.63) is 33.6 Å². The largest absolute Gasteiger partial charge is 0.349 e. The fourth-order valence-corrected chi connectivity index (χ4v) is 6.19. The number of hydrogen-bond acceptors (Lipinski definition) is 2. The van der Waals surface area contributed by atoms with E-state index in [-0.39, 0.29) is 5.92 Å². The molecule has 1 aromatic carbocycles. The molecule has 2 nitrogen and oxygen atoms in total. The van der Waals surface area contributed by atoms with E-state index in [0.29, 0.717) is 23.7 Å². The molecule has 0 aliphatic heterocycles. The Bertz CT molecular complexity index is 738. The Morgan fingerprint density at radius 1 is 1.27 bits per heavy atom. The van der Waals surface area contributed by atoms with E-state index in [1.165, 1.54) is 39.4 Å². The van der Waals surface area contributed by atoms with Gasteiger partial charge in [0.05, 0.1) is 0 Å². The first-order valence-corrected chi connectivity index (χ1v) is 9.61. The van der Waals surface area contributed by atoms with E-state index in [9.17, 15) is 4.79 Å². The molecule has 2 bridgehead atoms. The fourth-order valence-electron chi connectivity index (χ4n) is 4.65. The fraction of sp³-hybridized carbons (Fsp3) is 0.500. The highest BCUT2D eigenvalue weighted by Gasteiger charge is 2.51. The molecule has 0 spiro atoms. The number of nitrogens with zero attached hydrogens (tertiary/aromatic N) is 1. The van der Waals surface area contributed by atoms with Gasteiger partial charge in [-0.05, 0) is 70.6 Å². The Hall–Kier alpha value is -0.870. The molecule has 1 amide bonds. The van der Waals surface area contributed by atoms with Crippen LogP contribution in [0.4, 0.5) is 0 Å². The highest BCUT2D eigenvalue weighted by Crippen LogP contribution is 2.57. The van der Waals surface area contributed by atoms with Gasteiger partial charge >= 0.3 is 0 Å². The van der Waals surface area contributed by atoms with Crippen LogP contribution in [-0.4, -0.2) is 24.9 Å². The lowest BCUT2D eigenvalue weighted by molar-refractivity contribution is -0.135. The second-order valence-corrected chi connectivity index (χ2v) is 8.72. The van der Waals surface area contributed by atoms with Gasteiger partial charge in [0.2, 0.25) is 5.91 Å². The summed E-state index contributed by atoms with van der Waals surface area (Å²) in [5.41, 5.74) is 1.36. The zero-order valence-corrected chi connectivity index (χ0v) is 15.3. The predicted molar refractivity (Wildman–Crippen MR) is 95.3 cm³/mol. The predicted octanol–water partition coefficient (Wildman–Crippen LogP) is 4.88. The summed E-state index contributed by atoms with van der Waals surface area (Å²) in [7, 11) is 3.79. The highest BCUT2D eigenvalue weighted by molar-refractivity contribution is 9.10. The molecule has 0 radical (unpaired) electrons. The van der Waals surface area contributed by atoms with Crippen molar-refractivity contribution in [2.45, 2.75) is 25.2 Å². The Morgan fingerprint density at radius 3 is 2.82 bits per heavy atom. The van der Waals surface area contributed by atoms with Crippen LogP contribution in [0.25, 0.3) is 10.1 Å². The van der Waals surface area contributed by atoms with Gasteiger partial charge < -0.3 is 4.90 Å². The molecule has 0 N–H and O–H groups in total. The third-order valence-corrected chi connectivity index (χ3v) is 7.50. The number of hydrogen-bond donors (Lipinski definition) is 0. The average Bonchev–Trinajstić information content (AvgIpc) is 3.20. The summed E-state index contributed by atoms with van der Waals surface area (Å²) in [4.78, 5) is 14.5. The van der Waals surface area contributed by atoms with Gasteiger partial charge in [-0.3, -0.25) is 4.79 Å². The topological polar surface area (TPSA) is 20.3 Å².